The molecule has 1 nitrogen and oxygen atoms in total. The van der Waals surface area contributed by atoms with Gasteiger partial charge in [-0.2, -0.15) is 0 Å². The summed E-state index contributed by atoms with van der Waals surface area (Å²) in [6.45, 7) is 4.00. The lowest BCUT2D eigenvalue weighted by atomic mass is 10.2. The molecule has 0 heterocycles. The van der Waals surface area contributed by atoms with E-state index < -0.39 is 5.24 Å². The van der Waals surface area contributed by atoms with Crippen molar-refractivity contribution in [3.8, 4) is 0 Å². The van der Waals surface area contributed by atoms with Crippen LogP contribution in [-0.2, 0) is 0 Å². The summed E-state index contributed by atoms with van der Waals surface area (Å²) in [5.74, 6) is 0. The third kappa shape index (κ3) is 3.79. The van der Waals surface area contributed by atoms with Gasteiger partial charge in [0, 0.05) is 5.56 Å². The lowest BCUT2D eigenvalue weighted by Gasteiger charge is -1.87. The summed E-state index contributed by atoms with van der Waals surface area (Å²) in [6, 6.07) is 8.74. The van der Waals surface area contributed by atoms with Gasteiger partial charge in [0.1, 0.15) is 0 Å². The molecule has 0 aliphatic rings. The molecule has 0 unspecified atom stereocenters. The van der Waals surface area contributed by atoms with Crippen molar-refractivity contribution in [3.05, 3.63) is 35.9 Å². The molecule has 0 bridgehead atoms. The minimum Gasteiger partial charge on any atom is -0.276 e. The second-order valence-electron chi connectivity index (χ2n) is 1.64. The first kappa shape index (κ1) is 10.2. The number of hydrogen-bond acceptors (Lipinski definition) is 1. The highest BCUT2D eigenvalue weighted by Gasteiger charge is 1.95. The first-order valence-electron chi connectivity index (χ1n) is 3.55. The number of hydrogen-bond donors (Lipinski definition) is 0. The smallest absolute Gasteiger partial charge is 0.252 e. The lowest BCUT2D eigenvalue weighted by molar-refractivity contribution is 0.108. The van der Waals surface area contributed by atoms with Gasteiger partial charge in [0.25, 0.3) is 5.24 Å². The standard InChI is InChI=1S/C7H5ClO.C2H6/c8-7(9)6-4-2-1-3-5-6;1-2/h1-5H;1-2H3. The molecule has 0 saturated heterocycles. The van der Waals surface area contributed by atoms with E-state index in [0.29, 0.717) is 5.56 Å². The molecule has 0 N–H and O–H groups in total. The van der Waals surface area contributed by atoms with Gasteiger partial charge in [0.2, 0.25) is 0 Å². The van der Waals surface area contributed by atoms with Gasteiger partial charge in [-0.25, -0.2) is 0 Å². The molecular formula is C9H11ClO. The maximum atomic E-state index is 10.4. The van der Waals surface area contributed by atoms with Crippen LogP contribution >= 0.6 is 11.6 Å². The van der Waals surface area contributed by atoms with E-state index in [-0.39, 0.29) is 0 Å². The van der Waals surface area contributed by atoms with Crippen molar-refractivity contribution >= 4 is 16.8 Å². The van der Waals surface area contributed by atoms with Crippen LogP contribution in [0.1, 0.15) is 24.2 Å². The van der Waals surface area contributed by atoms with Crippen molar-refractivity contribution in [1.29, 1.82) is 0 Å². The van der Waals surface area contributed by atoms with Crippen LogP contribution in [0.3, 0.4) is 0 Å². The lowest BCUT2D eigenvalue weighted by Crippen LogP contribution is -1.84. The van der Waals surface area contributed by atoms with Crippen molar-refractivity contribution in [2.24, 2.45) is 0 Å². The van der Waals surface area contributed by atoms with Crippen LogP contribution in [0, 0.1) is 0 Å². The van der Waals surface area contributed by atoms with Crippen LogP contribution in [-0.4, -0.2) is 5.24 Å². The van der Waals surface area contributed by atoms with Crippen LogP contribution in [0.15, 0.2) is 30.3 Å². The monoisotopic (exact) mass is 170 g/mol. The predicted octanol–water partition coefficient (Wildman–Crippen LogP) is 3.09. The number of halogens is 1. The molecular weight excluding hydrogens is 160 g/mol. The molecule has 60 valence electrons. The molecule has 1 aromatic rings. The summed E-state index contributed by atoms with van der Waals surface area (Å²) in [6.07, 6.45) is 0. The Balaban J connectivity index is 0.000000461. The minimum absolute atomic E-state index is 0.407. The third-order valence-corrected chi connectivity index (χ3v) is 1.22. The summed E-state index contributed by atoms with van der Waals surface area (Å²) in [5, 5.41) is -0.407. The minimum atomic E-state index is -0.407. The van der Waals surface area contributed by atoms with E-state index in [2.05, 4.69) is 0 Å². The van der Waals surface area contributed by atoms with Crippen LogP contribution < -0.4 is 0 Å². The van der Waals surface area contributed by atoms with Gasteiger partial charge in [-0.3, -0.25) is 4.79 Å². The van der Waals surface area contributed by atoms with E-state index in [0.717, 1.165) is 0 Å². The van der Waals surface area contributed by atoms with Crippen LogP contribution in [0.5, 0.6) is 0 Å². The zero-order valence-corrected chi connectivity index (χ0v) is 7.43. The molecule has 0 radical (unpaired) electrons. The van der Waals surface area contributed by atoms with Gasteiger partial charge >= 0.3 is 0 Å². The summed E-state index contributed by atoms with van der Waals surface area (Å²) >= 11 is 5.16. The van der Waals surface area contributed by atoms with Crippen LogP contribution in [0.2, 0.25) is 0 Å². The van der Waals surface area contributed by atoms with Crippen molar-refractivity contribution in [3.63, 3.8) is 0 Å². The van der Waals surface area contributed by atoms with Crippen LogP contribution in [0.25, 0.3) is 0 Å². The fraction of sp³-hybridized carbons (Fsp3) is 0.222. The average Bonchev–Trinajstić information content (AvgIpc) is 2.10. The molecule has 0 aromatic heterocycles. The topological polar surface area (TPSA) is 17.1 Å². The highest BCUT2D eigenvalue weighted by Crippen LogP contribution is 2.01. The molecule has 2 heteroatoms. The Bertz CT molecular complexity index is 206. The predicted molar refractivity (Wildman–Crippen MR) is 48.0 cm³/mol. The van der Waals surface area contributed by atoms with Crippen LogP contribution in [0.4, 0.5) is 0 Å². The summed E-state index contributed by atoms with van der Waals surface area (Å²) in [5.41, 5.74) is 0.541. The van der Waals surface area contributed by atoms with Gasteiger partial charge < -0.3 is 0 Å². The normalized spacial score (nSPS) is 7.91. The Morgan fingerprint density at radius 3 is 1.91 bits per heavy atom. The van der Waals surface area contributed by atoms with Gasteiger partial charge in [-0.1, -0.05) is 44.2 Å². The Morgan fingerprint density at radius 2 is 1.64 bits per heavy atom. The molecule has 11 heavy (non-hydrogen) atoms. The second-order valence-corrected chi connectivity index (χ2v) is 1.98. The zero-order chi connectivity index (χ0) is 8.69. The van der Waals surface area contributed by atoms with E-state index in [1.165, 1.54) is 0 Å². The number of rotatable bonds is 1. The number of carbonyl (C=O) groups is 1. The third-order valence-electron chi connectivity index (χ3n) is 1.00. The maximum Gasteiger partial charge on any atom is 0.252 e. The van der Waals surface area contributed by atoms with E-state index >= 15 is 0 Å². The largest absolute Gasteiger partial charge is 0.276 e. The van der Waals surface area contributed by atoms with Gasteiger partial charge in [0.05, 0.1) is 0 Å². The molecule has 0 atom stereocenters. The first-order valence-corrected chi connectivity index (χ1v) is 3.93. The Morgan fingerprint density at radius 1 is 1.18 bits per heavy atom. The highest BCUT2D eigenvalue weighted by atomic mass is 35.5. The van der Waals surface area contributed by atoms with E-state index in [1.807, 2.05) is 19.9 Å². The SMILES string of the molecule is CC.O=C(Cl)c1ccccc1. The maximum absolute atomic E-state index is 10.4. The van der Waals surface area contributed by atoms with Crippen molar-refractivity contribution in [2.45, 2.75) is 13.8 Å². The fourth-order valence-corrected chi connectivity index (χ4v) is 0.695. The fourth-order valence-electron chi connectivity index (χ4n) is 0.569. The first-order chi connectivity index (χ1) is 5.30. The van der Waals surface area contributed by atoms with E-state index in [9.17, 15) is 4.79 Å². The Hall–Kier alpha value is -0.820. The van der Waals surface area contributed by atoms with E-state index in [4.69, 9.17) is 11.6 Å². The highest BCUT2D eigenvalue weighted by molar-refractivity contribution is 6.67. The molecule has 0 aliphatic carbocycles. The average molecular weight is 171 g/mol. The Kier molecular flexibility index (Phi) is 5.49. The van der Waals surface area contributed by atoms with E-state index in [1.54, 1.807) is 24.3 Å². The number of benzene rings is 1. The molecule has 0 spiro atoms. The second kappa shape index (κ2) is 5.93. The Labute approximate surface area is 72.0 Å². The molecule has 0 aliphatic heterocycles. The van der Waals surface area contributed by atoms with Gasteiger partial charge in [-0.05, 0) is 11.6 Å². The quantitative estimate of drug-likeness (QED) is 0.592. The molecule has 0 saturated carbocycles. The molecule has 1 rings (SSSR count). The van der Waals surface area contributed by atoms with Gasteiger partial charge in [0.15, 0.2) is 0 Å². The molecule has 1 aromatic carbocycles. The molecule has 0 fully saturated rings. The summed E-state index contributed by atoms with van der Waals surface area (Å²) < 4.78 is 0. The van der Waals surface area contributed by atoms with Crippen molar-refractivity contribution in [2.75, 3.05) is 0 Å². The van der Waals surface area contributed by atoms with Gasteiger partial charge in [-0.15, -0.1) is 0 Å². The van der Waals surface area contributed by atoms with Crippen molar-refractivity contribution in [1.82, 2.24) is 0 Å². The number of carbonyl (C=O) groups excluding carboxylic acids is 1. The summed E-state index contributed by atoms with van der Waals surface area (Å²) in [4.78, 5) is 10.4. The molecule has 0 amide bonds. The summed E-state index contributed by atoms with van der Waals surface area (Å²) in [7, 11) is 0. The van der Waals surface area contributed by atoms with Crippen molar-refractivity contribution < 1.29 is 4.79 Å². The zero-order valence-electron chi connectivity index (χ0n) is 6.67.